The summed E-state index contributed by atoms with van der Waals surface area (Å²) in [5.41, 5.74) is 1.02. The first-order valence-corrected chi connectivity index (χ1v) is 11.5. The molecule has 3 aromatic carbocycles. The molecule has 4 rings (SSSR count). The largest absolute Gasteiger partial charge is 0.462 e. The van der Waals surface area contributed by atoms with Gasteiger partial charge in [0.2, 0.25) is 5.91 Å². The van der Waals surface area contributed by atoms with Crippen molar-refractivity contribution in [3.05, 3.63) is 106 Å². The van der Waals surface area contributed by atoms with Gasteiger partial charge >= 0.3 is 5.97 Å². The molecule has 0 saturated carbocycles. The van der Waals surface area contributed by atoms with Crippen LogP contribution in [0.25, 0.3) is 0 Å². The predicted octanol–water partition coefficient (Wildman–Crippen LogP) is 3.75. The second-order valence-corrected chi connectivity index (χ2v) is 8.28. The van der Waals surface area contributed by atoms with Gasteiger partial charge in [-0.15, -0.1) is 0 Å². The van der Waals surface area contributed by atoms with E-state index in [1.807, 2.05) is 6.07 Å². The average molecular weight is 501 g/mol. The lowest BCUT2D eigenvalue weighted by molar-refractivity contribution is -0.384. The lowest BCUT2D eigenvalue weighted by atomic mass is 10.1. The van der Waals surface area contributed by atoms with Crippen LogP contribution in [-0.4, -0.2) is 46.2 Å². The second kappa shape index (κ2) is 10.8. The van der Waals surface area contributed by atoms with Gasteiger partial charge < -0.3 is 9.64 Å². The van der Waals surface area contributed by atoms with E-state index in [1.54, 1.807) is 31.2 Å². The van der Waals surface area contributed by atoms with Crippen LogP contribution in [0.1, 0.15) is 39.6 Å². The van der Waals surface area contributed by atoms with Crippen molar-refractivity contribution in [3.8, 4) is 0 Å². The zero-order valence-electron chi connectivity index (χ0n) is 19.9. The third-order valence-electron chi connectivity index (χ3n) is 5.90. The number of anilines is 1. The Kier molecular flexibility index (Phi) is 7.38. The maximum Gasteiger partial charge on any atom is 0.338 e. The van der Waals surface area contributed by atoms with Gasteiger partial charge in [-0.3, -0.25) is 24.5 Å². The molecule has 1 aliphatic heterocycles. The smallest absolute Gasteiger partial charge is 0.338 e. The minimum Gasteiger partial charge on any atom is -0.462 e. The first-order valence-electron chi connectivity index (χ1n) is 11.5. The molecule has 0 radical (unpaired) electrons. The molecule has 0 bridgehead atoms. The summed E-state index contributed by atoms with van der Waals surface area (Å²) in [4.78, 5) is 64.8. The van der Waals surface area contributed by atoms with Crippen molar-refractivity contribution in [2.75, 3.05) is 11.5 Å². The molecule has 0 aliphatic carbocycles. The Morgan fingerprint density at radius 1 is 1.00 bits per heavy atom. The first kappa shape index (κ1) is 25.2. The second-order valence-electron chi connectivity index (χ2n) is 8.28. The van der Waals surface area contributed by atoms with E-state index in [-0.39, 0.29) is 42.1 Å². The highest BCUT2D eigenvalue weighted by atomic mass is 16.6. The highest BCUT2D eigenvalue weighted by Crippen LogP contribution is 2.29. The summed E-state index contributed by atoms with van der Waals surface area (Å²) >= 11 is 0. The average Bonchev–Trinajstić information content (AvgIpc) is 3.21. The van der Waals surface area contributed by atoms with E-state index in [4.69, 9.17) is 4.74 Å². The van der Waals surface area contributed by atoms with Crippen molar-refractivity contribution in [2.24, 2.45) is 0 Å². The van der Waals surface area contributed by atoms with Crippen LogP contribution in [0.4, 0.5) is 11.4 Å². The third-order valence-corrected chi connectivity index (χ3v) is 5.90. The monoisotopic (exact) mass is 501 g/mol. The van der Waals surface area contributed by atoms with Crippen LogP contribution in [0.3, 0.4) is 0 Å². The molecule has 37 heavy (non-hydrogen) atoms. The summed E-state index contributed by atoms with van der Waals surface area (Å²) in [6.45, 7) is 1.91. The van der Waals surface area contributed by atoms with Gasteiger partial charge in [0.05, 0.1) is 29.2 Å². The minimum atomic E-state index is -1.12. The van der Waals surface area contributed by atoms with Crippen LogP contribution in [0.2, 0.25) is 0 Å². The molecule has 3 amide bonds. The Morgan fingerprint density at radius 3 is 2.35 bits per heavy atom. The van der Waals surface area contributed by atoms with E-state index in [9.17, 15) is 29.3 Å². The fourth-order valence-electron chi connectivity index (χ4n) is 4.11. The molecular weight excluding hydrogens is 478 g/mol. The van der Waals surface area contributed by atoms with Gasteiger partial charge in [0, 0.05) is 24.2 Å². The number of hydrogen-bond donors (Lipinski definition) is 0. The van der Waals surface area contributed by atoms with Crippen molar-refractivity contribution in [3.63, 3.8) is 0 Å². The molecule has 10 nitrogen and oxygen atoms in total. The summed E-state index contributed by atoms with van der Waals surface area (Å²) < 4.78 is 4.96. The molecule has 1 unspecified atom stereocenters. The maximum absolute atomic E-state index is 13.6. The van der Waals surface area contributed by atoms with Crippen LogP contribution in [0.5, 0.6) is 0 Å². The van der Waals surface area contributed by atoms with E-state index < -0.39 is 34.7 Å². The Balaban J connectivity index is 1.65. The van der Waals surface area contributed by atoms with Crippen molar-refractivity contribution in [2.45, 2.75) is 25.9 Å². The number of carbonyl (C=O) groups is 4. The Hall–Kier alpha value is -4.86. The number of ether oxygens (including phenoxy) is 1. The molecule has 1 aliphatic rings. The van der Waals surface area contributed by atoms with Gasteiger partial charge in [-0.1, -0.05) is 36.4 Å². The number of nitro benzene ring substituents is 1. The first-order chi connectivity index (χ1) is 17.8. The third kappa shape index (κ3) is 5.37. The molecule has 0 spiro atoms. The molecule has 1 saturated heterocycles. The zero-order chi connectivity index (χ0) is 26.5. The van der Waals surface area contributed by atoms with Crippen molar-refractivity contribution >= 4 is 35.1 Å². The van der Waals surface area contributed by atoms with E-state index in [0.717, 1.165) is 16.5 Å². The summed E-state index contributed by atoms with van der Waals surface area (Å²) in [5.74, 6) is -2.26. The predicted molar refractivity (Wildman–Crippen MR) is 133 cm³/mol. The SMILES string of the molecule is CCOC(=O)c1ccc(N2C(=O)CC(N(Cc3ccccc3)C(=O)c3cccc([N+](=O)[O-])c3)C2=O)cc1. The molecule has 0 aromatic heterocycles. The molecule has 1 fully saturated rings. The fraction of sp³-hybridized carbons (Fsp3) is 0.185. The van der Waals surface area contributed by atoms with Crippen molar-refractivity contribution < 1.29 is 28.8 Å². The summed E-state index contributed by atoms with van der Waals surface area (Å²) in [7, 11) is 0. The number of amides is 3. The lowest BCUT2D eigenvalue weighted by Gasteiger charge is -2.28. The normalized spacial score (nSPS) is 14.9. The topological polar surface area (TPSA) is 127 Å². The summed E-state index contributed by atoms with van der Waals surface area (Å²) in [6, 6.07) is 18.9. The summed E-state index contributed by atoms with van der Waals surface area (Å²) in [6.07, 6.45) is -0.258. The van der Waals surface area contributed by atoms with Gasteiger partial charge in [-0.2, -0.15) is 0 Å². The number of nitro groups is 1. The molecular formula is C27H23N3O7. The van der Waals surface area contributed by atoms with Gasteiger partial charge in [0.15, 0.2) is 0 Å². The number of carbonyl (C=O) groups excluding carboxylic acids is 4. The quantitative estimate of drug-likeness (QED) is 0.199. The molecule has 1 heterocycles. The molecule has 0 N–H and O–H groups in total. The maximum atomic E-state index is 13.6. The van der Waals surface area contributed by atoms with Gasteiger partial charge in [-0.25, -0.2) is 9.69 Å². The molecule has 3 aromatic rings. The van der Waals surface area contributed by atoms with Gasteiger partial charge in [0.25, 0.3) is 17.5 Å². The number of hydrogen-bond acceptors (Lipinski definition) is 7. The Morgan fingerprint density at radius 2 is 1.70 bits per heavy atom. The Labute approximate surface area is 212 Å². The van der Waals surface area contributed by atoms with E-state index >= 15 is 0 Å². The van der Waals surface area contributed by atoms with Gasteiger partial charge in [0.1, 0.15) is 6.04 Å². The number of nitrogens with zero attached hydrogens (tertiary/aromatic N) is 3. The standard InChI is InChI=1S/C27H23N3O7/c1-2-37-27(34)19-11-13-21(14-12-19)29-24(31)16-23(26(29)33)28(17-18-7-4-3-5-8-18)25(32)20-9-6-10-22(15-20)30(35)36/h3-15,23H,2,16-17H2,1H3. The number of non-ortho nitro benzene ring substituents is 1. The van der Waals surface area contributed by atoms with Crippen LogP contribution in [0, 0.1) is 10.1 Å². The van der Waals surface area contributed by atoms with Crippen molar-refractivity contribution in [1.82, 2.24) is 4.90 Å². The number of benzene rings is 3. The van der Waals surface area contributed by atoms with Crippen LogP contribution < -0.4 is 4.90 Å². The Bertz CT molecular complexity index is 1360. The number of esters is 1. The van der Waals surface area contributed by atoms with E-state index in [2.05, 4.69) is 0 Å². The molecule has 1 atom stereocenters. The lowest BCUT2D eigenvalue weighted by Crippen LogP contribution is -2.45. The van der Waals surface area contributed by atoms with Crippen LogP contribution in [0.15, 0.2) is 78.9 Å². The highest BCUT2D eigenvalue weighted by Gasteiger charge is 2.44. The van der Waals surface area contributed by atoms with Crippen LogP contribution >= 0.6 is 0 Å². The van der Waals surface area contributed by atoms with Gasteiger partial charge in [-0.05, 0) is 42.8 Å². The van der Waals surface area contributed by atoms with Crippen molar-refractivity contribution in [1.29, 1.82) is 0 Å². The molecule has 10 heteroatoms. The summed E-state index contributed by atoms with van der Waals surface area (Å²) in [5, 5.41) is 11.2. The van der Waals surface area contributed by atoms with E-state index in [1.165, 1.54) is 47.4 Å². The number of imide groups is 1. The minimum absolute atomic E-state index is 0.0156. The highest BCUT2D eigenvalue weighted by molar-refractivity contribution is 6.23. The van der Waals surface area contributed by atoms with Crippen LogP contribution in [-0.2, 0) is 20.9 Å². The molecule has 188 valence electrons. The number of rotatable bonds is 8. The van der Waals surface area contributed by atoms with E-state index in [0.29, 0.717) is 0 Å². The fourth-order valence-corrected chi connectivity index (χ4v) is 4.11. The zero-order valence-corrected chi connectivity index (χ0v) is 19.9.